The molecule has 0 spiro atoms. The second-order valence-corrected chi connectivity index (χ2v) is 4.24. The van der Waals surface area contributed by atoms with Crippen molar-refractivity contribution in [2.24, 2.45) is 0 Å². The van der Waals surface area contributed by atoms with E-state index < -0.39 is 4.92 Å². The molecule has 6 heteroatoms. The fourth-order valence-electron chi connectivity index (χ4n) is 0.549. The third-order valence-corrected chi connectivity index (χ3v) is 3.68. The number of hydrogen-bond acceptors (Lipinski definition) is 4. The summed E-state index contributed by atoms with van der Waals surface area (Å²) < 4.78 is 0.184. The van der Waals surface area contributed by atoms with Crippen LogP contribution < -0.4 is 0 Å². The van der Waals surface area contributed by atoms with E-state index in [0.717, 1.165) is 11.8 Å². The van der Waals surface area contributed by atoms with Gasteiger partial charge < -0.3 is 0 Å². The molecule has 1 aromatic rings. The molecule has 0 atom stereocenters. The average Bonchev–Trinajstić information content (AvgIpc) is 2.36. The van der Waals surface area contributed by atoms with Crippen LogP contribution in [0.3, 0.4) is 0 Å². The number of thiocyanates is 1. The Morgan fingerprint density at radius 3 is 3.09 bits per heavy atom. The molecule has 0 N–H and O–H groups in total. The van der Waals surface area contributed by atoms with E-state index >= 15 is 0 Å². The molecule has 0 aliphatic carbocycles. The van der Waals surface area contributed by atoms with Gasteiger partial charge in [0.25, 0.3) is 0 Å². The molecule has 0 radical (unpaired) electrons. The Hall–Kier alpha value is -0.761. The van der Waals surface area contributed by atoms with Crippen molar-refractivity contribution in [2.45, 2.75) is 4.90 Å². The monoisotopic (exact) mass is 234 g/mol. The molecule has 0 unspecified atom stereocenters. The third kappa shape index (κ3) is 1.84. The molecule has 0 aromatic carbocycles. The summed E-state index contributed by atoms with van der Waals surface area (Å²) in [5.41, 5.74) is 0. The van der Waals surface area contributed by atoms with Crippen molar-refractivity contribution in [3.63, 3.8) is 0 Å². The number of nitriles is 1. The molecular formula is C5H2N2O2SSe. The van der Waals surface area contributed by atoms with E-state index in [9.17, 15) is 10.1 Å². The first-order valence-corrected chi connectivity index (χ1v) is 5.19. The van der Waals surface area contributed by atoms with Gasteiger partial charge in [-0.2, -0.15) is 0 Å². The van der Waals surface area contributed by atoms with Crippen molar-refractivity contribution >= 4 is 30.8 Å². The molecule has 0 saturated carbocycles. The van der Waals surface area contributed by atoms with Gasteiger partial charge in [0.15, 0.2) is 0 Å². The third-order valence-electron chi connectivity index (χ3n) is 0.931. The van der Waals surface area contributed by atoms with Crippen LogP contribution in [0.4, 0.5) is 4.56 Å². The molecular weight excluding hydrogens is 231 g/mol. The summed E-state index contributed by atoms with van der Waals surface area (Å²) in [5.74, 6) is 0. The summed E-state index contributed by atoms with van der Waals surface area (Å²) in [7, 11) is 0. The van der Waals surface area contributed by atoms with E-state index in [4.69, 9.17) is 5.26 Å². The van der Waals surface area contributed by atoms with Crippen LogP contribution in [0.25, 0.3) is 0 Å². The van der Waals surface area contributed by atoms with Crippen molar-refractivity contribution in [3.8, 4) is 5.40 Å². The normalized spacial score (nSPS) is 9.00. The first-order chi connectivity index (χ1) is 5.25. The van der Waals surface area contributed by atoms with Gasteiger partial charge in [-0.1, -0.05) is 0 Å². The molecule has 0 fully saturated rings. The Bertz CT molecular complexity index is 317. The quantitative estimate of drug-likeness (QED) is 0.253. The van der Waals surface area contributed by atoms with Crippen LogP contribution in [0.1, 0.15) is 0 Å². The predicted octanol–water partition coefficient (Wildman–Crippen LogP) is 1.22. The van der Waals surface area contributed by atoms with E-state index in [0.29, 0.717) is 4.90 Å². The molecule has 56 valence electrons. The van der Waals surface area contributed by atoms with E-state index in [1.54, 1.807) is 11.0 Å². The van der Waals surface area contributed by atoms with Crippen molar-refractivity contribution in [2.75, 3.05) is 0 Å². The van der Waals surface area contributed by atoms with E-state index in [1.165, 1.54) is 0 Å². The zero-order valence-corrected chi connectivity index (χ0v) is 7.71. The number of rotatable bonds is 2. The molecule has 0 bridgehead atoms. The van der Waals surface area contributed by atoms with Crippen molar-refractivity contribution in [3.05, 3.63) is 21.1 Å². The molecule has 1 rings (SSSR count). The number of nitro groups is 1. The topological polar surface area (TPSA) is 66.9 Å². The maximum atomic E-state index is 10.3. The second-order valence-electron chi connectivity index (χ2n) is 1.54. The standard InChI is InChI=1S/C5H2N2O2SSe/c6-3-10-4-1-2-11-5(4)7(8)9/h1-2H. The van der Waals surface area contributed by atoms with Crippen LogP contribution in [0.2, 0.25) is 0 Å². The fraction of sp³-hybridized carbons (Fsp3) is 0. The number of thioether (sulfide) groups is 1. The first-order valence-electron chi connectivity index (χ1n) is 2.53. The molecule has 0 amide bonds. The maximum absolute atomic E-state index is 10.3. The van der Waals surface area contributed by atoms with Crippen LogP contribution in [0.5, 0.6) is 0 Å². The summed E-state index contributed by atoms with van der Waals surface area (Å²) in [6.07, 6.45) is 0. The fourth-order valence-corrected chi connectivity index (χ4v) is 2.92. The Balaban J connectivity index is 2.98. The van der Waals surface area contributed by atoms with E-state index in [1.807, 2.05) is 5.40 Å². The molecule has 0 aliphatic rings. The van der Waals surface area contributed by atoms with Crippen molar-refractivity contribution < 1.29 is 4.92 Å². The predicted molar refractivity (Wildman–Crippen MR) is 41.5 cm³/mol. The Kier molecular flexibility index (Phi) is 2.71. The van der Waals surface area contributed by atoms with Gasteiger partial charge in [-0.05, 0) is 0 Å². The van der Waals surface area contributed by atoms with Crippen LogP contribution in [0, 0.1) is 20.8 Å². The van der Waals surface area contributed by atoms with Gasteiger partial charge in [-0.15, -0.1) is 0 Å². The zero-order valence-electron chi connectivity index (χ0n) is 5.18. The van der Waals surface area contributed by atoms with E-state index in [-0.39, 0.29) is 19.1 Å². The van der Waals surface area contributed by atoms with Gasteiger partial charge in [0.2, 0.25) is 0 Å². The number of hydrogen-bond donors (Lipinski definition) is 0. The second kappa shape index (κ2) is 3.58. The molecule has 0 saturated heterocycles. The van der Waals surface area contributed by atoms with Gasteiger partial charge in [0.1, 0.15) is 0 Å². The zero-order chi connectivity index (χ0) is 8.27. The molecule has 11 heavy (non-hydrogen) atoms. The average molecular weight is 233 g/mol. The minimum absolute atomic E-state index is 0.184. The van der Waals surface area contributed by atoms with Crippen LogP contribution >= 0.6 is 11.8 Å². The summed E-state index contributed by atoms with van der Waals surface area (Å²) in [4.78, 5) is 12.1. The van der Waals surface area contributed by atoms with E-state index in [2.05, 4.69) is 0 Å². The number of nitrogens with zero attached hydrogens (tertiary/aromatic N) is 2. The Morgan fingerprint density at radius 1 is 1.82 bits per heavy atom. The van der Waals surface area contributed by atoms with Crippen LogP contribution in [-0.4, -0.2) is 19.4 Å². The molecule has 0 aliphatic heterocycles. The molecule has 1 heterocycles. The Labute approximate surface area is 72.7 Å². The Morgan fingerprint density at radius 2 is 2.55 bits per heavy atom. The minimum atomic E-state index is -0.417. The summed E-state index contributed by atoms with van der Waals surface area (Å²) in [5, 5.41) is 20.4. The summed E-state index contributed by atoms with van der Waals surface area (Å²) >= 11 is 0.656. The van der Waals surface area contributed by atoms with Gasteiger partial charge in [0.05, 0.1) is 0 Å². The van der Waals surface area contributed by atoms with Crippen molar-refractivity contribution in [1.82, 2.24) is 0 Å². The summed E-state index contributed by atoms with van der Waals surface area (Å²) in [6, 6.07) is 1.63. The van der Waals surface area contributed by atoms with Crippen LogP contribution in [0.15, 0.2) is 15.9 Å². The van der Waals surface area contributed by atoms with Gasteiger partial charge >= 0.3 is 72.4 Å². The van der Waals surface area contributed by atoms with Gasteiger partial charge in [-0.3, -0.25) is 0 Å². The van der Waals surface area contributed by atoms with Crippen molar-refractivity contribution in [1.29, 1.82) is 5.26 Å². The first kappa shape index (κ1) is 8.34. The van der Waals surface area contributed by atoms with Crippen LogP contribution in [-0.2, 0) is 0 Å². The molecule has 1 aromatic heterocycles. The van der Waals surface area contributed by atoms with Gasteiger partial charge in [-0.25, -0.2) is 0 Å². The SMILES string of the molecule is N#CSc1cc[se]c1[N+](=O)[O-]. The van der Waals surface area contributed by atoms with Gasteiger partial charge in [0, 0.05) is 0 Å². The summed E-state index contributed by atoms with van der Waals surface area (Å²) in [6.45, 7) is 0. The molecule has 4 nitrogen and oxygen atoms in total.